The lowest BCUT2D eigenvalue weighted by Gasteiger charge is -2.44. The van der Waals surface area contributed by atoms with Gasteiger partial charge in [-0.1, -0.05) is 13.8 Å². The molecule has 1 saturated heterocycles. The molecule has 84 valence electrons. The van der Waals surface area contributed by atoms with Crippen LogP contribution in [0.1, 0.15) is 20.8 Å². The normalized spacial score (nSPS) is 31.3. The molecule has 14 heavy (non-hydrogen) atoms. The third kappa shape index (κ3) is 2.94. The zero-order chi connectivity index (χ0) is 10.7. The van der Waals surface area contributed by atoms with Crippen molar-refractivity contribution in [2.75, 3.05) is 33.3 Å². The molecule has 0 amide bonds. The van der Waals surface area contributed by atoms with Crippen LogP contribution in [0.2, 0.25) is 0 Å². The van der Waals surface area contributed by atoms with E-state index in [0.717, 1.165) is 19.6 Å². The molecule has 0 aromatic heterocycles. The molecular formula is C11H24N2O. The van der Waals surface area contributed by atoms with E-state index in [0.29, 0.717) is 18.0 Å². The van der Waals surface area contributed by atoms with Crippen molar-refractivity contribution in [3.05, 3.63) is 0 Å². The lowest BCUT2D eigenvalue weighted by atomic mass is 10.1. The maximum absolute atomic E-state index is 9.34. The van der Waals surface area contributed by atoms with Crippen LogP contribution >= 0.6 is 0 Å². The molecule has 0 aliphatic carbocycles. The van der Waals surface area contributed by atoms with Crippen molar-refractivity contribution in [2.45, 2.75) is 32.9 Å². The molecule has 0 saturated carbocycles. The van der Waals surface area contributed by atoms with Gasteiger partial charge in [0.15, 0.2) is 0 Å². The van der Waals surface area contributed by atoms with Crippen LogP contribution in [0.15, 0.2) is 0 Å². The summed E-state index contributed by atoms with van der Waals surface area (Å²) in [5, 5.41) is 9.34. The summed E-state index contributed by atoms with van der Waals surface area (Å²) in [6.45, 7) is 10.2. The van der Waals surface area contributed by atoms with Crippen LogP contribution in [0, 0.1) is 5.92 Å². The molecule has 1 heterocycles. The molecule has 1 rings (SSSR count). The van der Waals surface area contributed by atoms with Crippen LogP contribution < -0.4 is 0 Å². The highest BCUT2D eigenvalue weighted by Crippen LogP contribution is 2.16. The summed E-state index contributed by atoms with van der Waals surface area (Å²) in [4.78, 5) is 4.76. The first-order chi connectivity index (χ1) is 6.54. The van der Waals surface area contributed by atoms with Crippen molar-refractivity contribution < 1.29 is 5.11 Å². The van der Waals surface area contributed by atoms with Crippen LogP contribution in [0.4, 0.5) is 0 Å². The van der Waals surface area contributed by atoms with E-state index in [1.54, 1.807) is 0 Å². The van der Waals surface area contributed by atoms with Gasteiger partial charge in [0.25, 0.3) is 0 Å². The smallest absolute Gasteiger partial charge is 0.0599 e. The number of hydrogen-bond donors (Lipinski definition) is 1. The van der Waals surface area contributed by atoms with Crippen molar-refractivity contribution >= 4 is 0 Å². The Bertz CT molecular complexity index is 173. The van der Waals surface area contributed by atoms with Crippen LogP contribution in [0.25, 0.3) is 0 Å². The van der Waals surface area contributed by atoms with Gasteiger partial charge in [-0.2, -0.15) is 0 Å². The maximum atomic E-state index is 9.34. The van der Waals surface area contributed by atoms with E-state index in [4.69, 9.17) is 0 Å². The second-order valence-electron chi connectivity index (χ2n) is 5.00. The second-order valence-corrected chi connectivity index (χ2v) is 5.00. The standard InChI is InChI=1S/C11H24N2O/c1-9(2)5-13-10(3)6-12(4)7-11(13)8-14/h9-11,14H,5-8H2,1-4H3. The minimum Gasteiger partial charge on any atom is -0.395 e. The van der Waals surface area contributed by atoms with E-state index in [1.165, 1.54) is 0 Å². The molecule has 0 spiro atoms. The average Bonchev–Trinajstić information content (AvgIpc) is 2.08. The Labute approximate surface area is 87.7 Å². The molecule has 1 N–H and O–H groups in total. The Kier molecular flexibility index (Phi) is 4.35. The summed E-state index contributed by atoms with van der Waals surface area (Å²) in [5.74, 6) is 0.676. The van der Waals surface area contributed by atoms with Gasteiger partial charge in [-0.05, 0) is 19.9 Å². The molecular weight excluding hydrogens is 176 g/mol. The van der Waals surface area contributed by atoms with E-state index < -0.39 is 0 Å². The van der Waals surface area contributed by atoms with E-state index in [9.17, 15) is 5.11 Å². The van der Waals surface area contributed by atoms with Gasteiger partial charge in [-0.3, -0.25) is 4.90 Å². The summed E-state index contributed by atoms with van der Waals surface area (Å²) < 4.78 is 0. The number of nitrogens with zero attached hydrogens (tertiary/aromatic N) is 2. The molecule has 0 bridgehead atoms. The summed E-state index contributed by atoms with van der Waals surface area (Å²) in [5.41, 5.74) is 0. The molecule has 0 radical (unpaired) electrons. The zero-order valence-corrected chi connectivity index (χ0v) is 9.90. The molecule has 3 heteroatoms. The zero-order valence-electron chi connectivity index (χ0n) is 9.90. The SMILES string of the molecule is CC(C)CN1C(C)CN(C)CC1CO. The Morgan fingerprint density at radius 3 is 2.50 bits per heavy atom. The van der Waals surface area contributed by atoms with Crippen molar-refractivity contribution in [2.24, 2.45) is 5.92 Å². The fourth-order valence-corrected chi connectivity index (χ4v) is 2.37. The predicted octanol–water partition coefficient (Wildman–Crippen LogP) is 0.639. The maximum Gasteiger partial charge on any atom is 0.0599 e. The second kappa shape index (κ2) is 5.10. The van der Waals surface area contributed by atoms with Gasteiger partial charge in [-0.15, -0.1) is 0 Å². The third-order valence-corrected chi connectivity index (χ3v) is 2.92. The molecule has 1 aliphatic rings. The van der Waals surface area contributed by atoms with Crippen LogP contribution in [-0.4, -0.2) is 60.3 Å². The fourth-order valence-electron chi connectivity index (χ4n) is 2.37. The van der Waals surface area contributed by atoms with Gasteiger partial charge in [0, 0.05) is 31.7 Å². The van der Waals surface area contributed by atoms with E-state index in [-0.39, 0.29) is 6.61 Å². The summed E-state index contributed by atoms with van der Waals surface area (Å²) in [7, 11) is 2.13. The van der Waals surface area contributed by atoms with Crippen molar-refractivity contribution in [1.29, 1.82) is 0 Å². The Morgan fingerprint density at radius 2 is 2.00 bits per heavy atom. The van der Waals surface area contributed by atoms with Gasteiger partial charge in [-0.25, -0.2) is 0 Å². The van der Waals surface area contributed by atoms with Crippen molar-refractivity contribution in [3.63, 3.8) is 0 Å². The molecule has 1 aliphatic heterocycles. The van der Waals surface area contributed by atoms with Gasteiger partial charge < -0.3 is 10.0 Å². The first-order valence-electron chi connectivity index (χ1n) is 5.59. The van der Waals surface area contributed by atoms with E-state index >= 15 is 0 Å². The van der Waals surface area contributed by atoms with Gasteiger partial charge in [0.2, 0.25) is 0 Å². The highest BCUT2D eigenvalue weighted by molar-refractivity contribution is 4.85. The van der Waals surface area contributed by atoms with Gasteiger partial charge >= 0.3 is 0 Å². The van der Waals surface area contributed by atoms with Crippen molar-refractivity contribution in [3.8, 4) is 0 Å². The number of aliphatic hydroxyl groups is 1. The quantitative estimate of drug-likeness (QED) is 0.724. The molecule has 1 fully saturated rings. The first kappa shape index (κ1) is 12.0. The summed E-state index contributed by atoms with van der Waals surface area (Å²) in [6.07, 6.45) is 0. The molecule has 0 aromatic carbocycles. The molecule has 2 unspecified atom stereocenters. The molecule has 0 aromatic rings. The lowest BCUT2D eigenvalue weighted by Crippen LogP contribution is -2.58. The van der Waals surface area contributed by atoms with E-state index in [2.05, 4.69) is 37.6 Å². The monoisotopic (exact) mass is 200 g/mol. The Hall–Kier alpha value is -0.120. The lowest BCUT2D eigenvalue weighted by molar-refractivity contribution is 0.00715. The number of piperazine rings is 1. The summed E-state index contributed by atoms with van der Waals surface area (Å²) in [6, 6.07) is 0.888. The van der Waals surface area contributed by atoms with Gasteiger partial charge in [0.05, 0.1) is 6.61 Å². The topological polar surface area (TPSA) is 26.7 Å². The highest BCUT2D eigenvalue weighted by atomic mass is 16.3. The first-order valence-corrected chi connectivity index (χ1v) is 5.59. The summed E-state index contributed by atoms with van der Waals surface area (Å²) >= 11 is 0. The predicted molar refractivity (Wildman–Crippen MR) is 59.4 cm³/mol. The highest BCUT2D eigenvalue weighted by Gasteiger charge is 2.29. The Morgan fingerprint density at radius 1 is 1.36 bits per heavy atom. The van der Waals surface area contributed by atoms with Crippen molar-refractivity contribution in [1.82, 2.24) is 9.80 Å². The van der Waals surface area contributed by atoms with E-state index in [1.807, 2.05) is 0 Å². The van der Waals surface area contributed by atoms with Crippen LogP contribution in [-0.2, 0) is 0 Å². The number of aliphatic hydroxyl groups excluding tert-OH is 1. The number of likely N-dealkylation sites (N-methyl/N-ethyl adjacent to an activating group) is 1. The number of hydrogen-bond acceptors (Lipinski definition) is 3. The number of rotatable bonds is 3. The van der Waals surface area contributed by atoms with Crippen LogP contribution in [0.3, 0.4) is 0 Å². The average molecular weight is 200 g/mol. The third-order valence-electron chi connectivity index (χ3n) is 2.92. The molecule has 2 atom stereocenters. The van der Waals surface area contributed by atoms with Crippen LogP contribution in [0.5, 0.6) is 0 Å². The minimum absolute atomic E-state index is 0.279. The minimum atomic E-state index is 0.279. The van der Waals surface area contributed by atoms with Gasteiger partial charge in [0.1, 0.15) is 0 Å². The molecule has 3 nitrogen and oxygen atoms in total. The fraction of sp³-hybridized carbons (Fsp3) is 1.00. The Balaban J connectivity index is 2.58. The largest absolute Gasteiger partial charge is 0.395 e.